The molecule has 0 aliphatic heterocycles. The number of hydrogen-bond acceptors (Lipinski definition) is 2. The quantitative estimate of drug-likeness (QED) is 0.793. The van der Waals surface area contributed by atoms with Crippen molar-refractivity contribution in [2.45, 2.75) is 38.2 Å². The summed E-state index contributed by atoms with van der Waals surface area (Å²) in [5.41, 5.74) is 5.84. The zero-order valence-electron chi connectivity index (χ0n) is 9.77. The Labute approximate surface area is 97.8 Å². The minimum Gasteiger partial charge on any atom is -0.490 e. The SMILES string of the molecule is NCC1CCCCCC1Oc1ccccc1. The Hall–Kier alpha value is -1.02. The van der Waals surface area contributed by atoms with Gasteiger partial charge in [-0.25, -0.2) is 0 Å². The van der Waals surface area contributed by atoms with Crippen LogP contribution in [-0.2, 0) is 0 Å². The van der Waals surface area contributed by atoms with E-state index >= 15 is 0 Å². The first-order valence-corrected chi connectivity index (χ1v) is 6.32. The number of para-hydroxylation sites is 1. The van der Waals surface area contributed by atoms with E-state index in [-0.39, 0.29) is 0 Å². The third-order valence-corrected chi connectivity index (χ3v) is 3.42. The van der Waals surface area contributed by atoms with E-state index < -0.39 is 0 Å². The lowest BCUT2D eigenvalue weighted by molar-refractivity contribution is 0.129. The van der Waals surface area contributed by atoms with Gasteiger partial charge in [0, 0.05) is 5.92 Å². The molecule has 2 atom stereocenters. The highest BCUT2D eigenvalue weighted by atomic mass is 16.5. The fraction of sp³-hybridized carbons (Fsp3) is 0.571. The van der Waals surface area contributed by atoms with Gasteiger partial charge in [-0.1, -0.05) is 31.0 Å². The Balaban J connectivity index is 2.00. The van der Waals surface area contributed by atoms with Gasteiger partial charge in [0.25, 0.3) is 0 Å². The van der Waals surface area contributed by atoms with Crippen molar-refractivity contribution in [1.29, 1.82) is 0 Å². The molecule has 1 aliphatic carbocycles. The molecule has 0 saturated heterocycles. The van der Waals surface area contributed by atoms with Crippen LogP contribution >= 0.6 is 0 Å². The van der Waals surface area contributed by atoms with Crippen LogP contribution in [0.2, 0.25) is 0 Å². The predicted octanol–water partition coefficient (Wildman–Crippen LogP) is 2.97. The summed E-state index contributed by atoms with van der Waals surface area (Å²) in [4.78, 5) is 0. The highest BCUT2D eigenvalue weighted by Crippen LogP contribution is 2.26. The summed E-state index contributed by atoms with van der Waals surface area (Å²) in [5, 5.41) is 0. The van der Waals surface area contributed by atoms with E-state index in [0.29, 0.717) is 12.0 Å². The molecule has 0 aromatic heterocycles. The summed E-state index contributed by atoms with van der Waals surface area (Å²) >= 11 is 0. The molecule has 2 heteroatoms. The first-order chi connectivity index (χ1) is 7.90. The van der Waals surface area contributed by atoms with Gasteiger partial charge in [-0.2, -0.15) is 0 Å². The van der Waals surface area contributed by atoms with E-state index in [4.69, 9.17) is 10.5 Å². The fourth-order valence-electron chi connectivity index (χ4n) is 2.45. The molecular formula is C14H21NO. The highest BCUT2D eigenvalue weighted by molar-refractivity contribution is 5.21. The maximum Gasteiger partial charge on any atom is 0.119 e. The van der Waals surface area contributed by atoms with Crippen molar-refractivity contribution in [3.05, 3.63) is 30.3 Å². The van der Waals surface area contributed by atoms with Gasteiger partial charge < -0.3 is 10.5 Å². The van der Waals surface area contributed by atoms with Gasteiger partial charge >= 0.3 is 0 Å². The van der Waals surface area contributed by atoms with Crippen LogP contribution in [0.3, 0.4) is 0 Å². The molecule has 1 aromatic rings. The monoisotopic (exact) mass is 219 g/mol. The number of ether oxygens (including phenoxy) is 1. The molecule has 1 aromatic carbocycles. The number of rotatable bonds is 3. The van der Waals surface area contributed by atoms with Crippen molar-refractivity contribution in [1.82, 2.24) is 0 Å². The molecule has 1 fully saturated rings. The van der Waals surface area contributed by atoms with Crippen molar-refractivity contribution in [3.8, 4) is 5.75 Å². The molecule has 0 spiro atoms. The molecule has 2 nitrogen and oxygen atoms in total. The zero-order valence-corrected chi connectivity index (χ0v) is 9.77. The van der Waals surface area contributed by atoms with Crippen molar-refractivity contribution >= 4 is 0 Å². The van der Waals surface area contributed by atoms with E-state index in [1.54, 1.807) is 0 Å². The molecule has 2 N–H and O–H groups in total. The van der Waals surface area contributed by atoms with Gasteiger partial charge in [0.2, 0.25) is 0 Å². The lowest BCUT2D eigenvalue weighted by Crippen LogP contribution is -2.31. The Morgan fingerprint density at radius 1 is 1.06 bits per heavy atom. The summed E-state index contributed by atoms with van der Waals surface area (Å²) in [6.07, 6.45) is 6.58. The Morgan fingerprint density at radius 2 is 1.81 bits per heavy atom. The molecule has 0 radical (unpaired) electrons. The Bertz CT molecular complexity index is 299. The number of hydrogen-bond donors (Lipinski definition) is 1. The van der Waals surface area contributed by atoms with Gasteiger partial charge in [0.15, 0.2) is 0 Å². The van der Waals surface area contributed by atoms with Crippen LogP contribution in [0.1, 0.15) is 32.1 Å². The van der Waals surface area contributed by atoms with Crippen LogP contribution in [0.5, 0.6) is 5.75 Å². The van der Waals surface area contributed by atoms with Crippen molar-refractivity contribution in [2.24, 2.45) is 11.7 Å². The molecule has 88 valence electrons. The van der Waals surface area contributed by atoms with Gasteiger partial charge in [0.1, 0.15) is 11.9 Å². The van der Waals surface area contributed by atoms with Crippen molar-refractivity contribution in [2.75, 3.05) is 6.54 Å². The predicted molar refractivity (Wildman–Crippen MR) is 66.5 cm³/mol. The van der Waals surface area contributed by atoms with Crippen molar-refractivity contribution in [3.63, 3.8) is 0 Å². The first kappa shape index (κ1) is 11.5. The van der Waals surface area contributed by atoms with Crippen LogP contribution < -0.4 is 10.5 Å². The van der Waals surface area contributed by atoms with E-state index in [9.17, 15) is 0 Å². The lowest BCUT2D eigenvalue weighted by atomic mass is 9.97. The second-order valence-corrected chi connectivity index (χ2v) is 4.60. The molecular weight excluding hydrogens is 198 g/mol. The van der Waals surface area contributed by atoms with Crippen LogP contribution in [0, 0.1) is 5.92 Å². The summed E-state index contributed by atoms with van der Waals surface area (Å²) in [6, 6.07) is 10.1. The molecule has 16 heavy (non-hydrogen) atoms. The Morgan fingerprint density at radius 3 is 2.56 bits per heavy atom. The van der Waals surface area contributed by atoms with Gasteiger partial charge in [-0.15, -0.1) is 0 Å². The maximum atomic E-state index is 6.06. The zero-order chi connectivity index (χ0) is 11.2. The van der Waals surface area contributed by atoms with Gasteiger partial charge in [-0.3, -0.25) is 0 Å². The number of benzene rings is 1. The smallest absolute Gasteiger partial charge is 0.119 e. The topological polar surface area (TPSA) is 35.2 Å². The summed E-state index contributed by atoms with van der Waals surface area (Å²) < 4.78 is 6.06. The third-order valence-electron chi connectivity index (χ3n) is 3.42. The second-order valence-electron chi connectivity index (χ2n) is 4.60. The second kappa shape index (κ2) is 5.90. The molecule has 1 aliphatic rings. The number of nitrogens with two attached hydrogens (primary N) is 1. The van der Waals surface area contributed by atoms with Gasteiger partial charge in [-0.05, 0) is 37.9 Å². The summed E-state index contributed by atoms with van der Waals surface area (Å²) in [5.74, 6) is 1.51. The van der Waals surface area contributed by atoms with Crippen LogP contribution in [0.15, 0.2) is 30.3 Å². The largest absolute Gasteiger partial charge is 0.490 e. The summed E-state index contributed by atoms with van der Waals surface area (Å²) in [7, 11) is 0. The van der Waals surface area contributed by atoms with E-state index in [1.165, 1.54) is 25.7 Å². The molecule has 0 heterocycles. The average Bonchev–Trinajstić information content (AvgIpc) is 2.55. The molecule has 2 unspecified atom stereocenters. The van der Waals surface area contributed by atoms with E-state index in [2.05, 4.69) is 0 Å². The summed E-state index contributed by atoms with van der Waals surface area (Å²) in [6.45, 7) is 0.748. The van der Waals surface area contributed by atoms with Crippen molar-refractivity contribution < 1.29 is 4.74 Å². The third kappa shape index (κ3) is 2.99. The molecule has 0 amide bonds. The molecule has 2 rings (SSSR count). The van der Waals surface area contributed by atoms with Crippen LogP contribution in [0.4, 0.5) is 0 Å². The minimum absolute atomic E-state index is 0.315. The maximum absolute atomic E-state index is 6.06. The standard InChI is InChI=1S/C14H21NO/c15-11-12-7-3-1-6-10-14(12)16-13-8-4-2-5-9-13/h2,4-5,8-9,12,14H,1,3,6-7,10-11,15H2. The highest BCUT2D eigenvalue weighted by Gasteiger charge is 2.23. The molecule has 0 bridgehead atoms. The van der Waals surface area contributed by atoms with E-state index in [1.807, 2.05) is 30.3 Å². The van der Waals surface area contributed by atoms with E-state index in [0.717, 1.165) is 18.7 Å². The first-order valence-electron chi connectivity index (χ1n) is 6.32. The average molecular weight is 219 g/mol. The van der Waals surface area contributed by atoms with Crippen LogP contribution in [0.25, 0.3) is 0 Å². The van der Waals surface area contributed by atoms with Crippen LogP contribution in [-0.4, -0.2) is 12.6 Å². The molecule has 1 saturated carbocycles. The normalized spacial score (nSPS) is 26.1. The van der Waals surface area contributed by atoms with Gasteiger partial charge in [0.05, 0.1) is 0 Å². The Kier molecular flexibility index (Phi) is 4.23. The minimum atomic E-state index is 0.315. The fourth-order valence-corrected chi connectivity index (χ4v) is 2.45. The lowest BCUT2D eigenvalue weighted by Gasteiger charge is -2.24.